The van der Waals surface area contributed by atoms with Crippen LogP contribution in [0.2, 0.25) is 0 Å². The van der Waals surface area contributed by atoms with Crippen LogP contribution >= 0.6 is 0 Å². The molecule has 1 fully saturated rings. The Hall–Kier alpha value is -1.35. The Bertz CT molecular complexity index is 435. The van der Waals surface area contributed by atoms with Crippen molar-refractivity contribution in [2.45, 2.75) is 46.1 Å². The summed E-state index contributed by atoms with van der Waals surface area (Å²) in [6, 6.07) is 8.60. The quantitative estimate of drug-likeness (QED) is 0.826. The van der Waals surface area contributed by atoms with Crippen molar-refractivity contribution in [1.82, 2.24) is 4.90 Å². The molecule has 1 aromatic carbocycles. The average Bonchev–Trinajstić information content (AvgIpc) is 3.21. The van der Waals surface area contributed by atoms with E-state index >= 15 is 0 Å². The molecular formula is C17H26N2O. The fraction of sp³-hybridized carbons (Fsp3) is 0.588. The predicted molar refractivity (Wildman–Crippen MR) is 83.9 cm³/mol. The number of aryl methyl sites for hydroxylation is 1. The Morgan fingerprint density at radius 1 is 1.30 bits per heavy atom. The van der Waals surface area contributed by atoms with E-state index in [1.807, 2.05) is 31.2 Å². The number of carbonyl (C=O) groups is 1. The highest BCUT2D eigenvalue weighted by atomic mass is 16.2. The molecule has 3 nitrogen and oxygen atoms in total. The van der Waals surface area contributed by atoms with Crippen LogP contribution in [0.3, 0.4) is 0 Å². The monoisotopic (exact) mass is 274 g/mol. The van der Waals surface area contributed by atoms with E-state index in [0.717, 1.165) is 18.7 Å². The zero-order valence-electron chi connectivity index (χ0n) is 12.9. The molecule has 20 heavy (non-hydrogen) atoms. The van der Waals surface area contributed by atoms with Crippen LogP contribution in [-0.2, 0) is 4.79 Å². The average molecular weight is 274 g/mol. The number of hydrogen-bond donors (Lipinski definition) is 1. The molecule has 1 aromatic rings. The summed E-state index contributed by atoms with van der Waals surface area (Å²) in [5.74, 6) is 0.793. The van der Waals surface area contributed by atoms with Crippen LogP contribution in [0.1, 0.15) is 38.7 Å². The topological polar surface area (TPSA) is 32.3 Å². The van der Waals surface area contributed by atoms with Crippen LogP contribution < -0.4 is 5.32 Å². The first kappa shape index (κ1) is 15.0. The number of nitrogens with zero attached hydrogens (tertiary/aromatic N) is 1. The lowest BCUT2D eigenvalue weighted by Crippen LogP contribution is -2.36. The van der Waals surface area contributed by atoms with Gasteiger partial charge in [-0.3, -0.25) is 9.69 Å². The van der Waals surface area contributed by atoms with Gasteiger partial charge in [-0.1, -0.05) is 31.5 Å². The largest absolute Gasteiger partial charge is 0.325 e. The van der Waals surface area contributed by atoms with Gasteiger partial charge in [0.1, 0.15) is 0 Å². The van der Waals surface area contributed by atoms with E-state index in [1.165, 1.54) is 18.4 Å². The zero-order valence-corrected chi connectivity index (χ0v) is 12.9. The smallest absolute Gasteiger partial charge is 0.238 e. The van der Waals surface area contributed by atoms with Crippen LogP contribution in [0.15, 0.2) is 24.3 Å². The normalized spacial score (nSPS) is 14.8. The zero-order chi connectivity index (χ0) is 14.5. The Morgan fingerprint density at radius 3 is 2.50 bits per heavy atom. The van der Waals surface area contributed by atoms with E-state index in [4.69, 9.17) is 0 Å². The van der Waals surface area contributed by atoms with Gasteiger partial charge in [-0.15, -0.1) is 0 Å². The molecule has 0 spiro atoms. The summed E-state index contributed by atoms with van der Waals surface area (Å²) >= 11 is 0. The SMILES string of the molecule is Cc1ccc(NC(=O)CN(CCC(C)C)C2CC2)cc1. The lowest BCUT2D eigenvalue weighted by molar-refractivity contribution is -0.117. The van der Waals surface area contributed by atoms with Gasteiger partial charge in [0.25, 0.3) is 0 Å². The van der Waals surface area contributed by atoms with E-state index in [0.29, 0.717) is 18.5 Å². The number of hydrogen-bond acceptors (Lipinski definition) is 2. The molecule has 110 valence electrons. The van der Waals surface area contributed by atoms with Gasteiger partial charge in [0, 0.05) is 11.7 Å². The van der Waals surface area contributed by atoms with Crippen molar-refractivity contribution in [3.63, 3.8) is 0 Å². The van der Waals surface area contributed by atoms with Crippen LogP contribution in [0.5, 0.6) is 0 Å². The summed E-state index contributed by atoms with van der Waals surface area (Å²) in [5, 5.41) is 2.99. The van der Waals surface area contributed by atoms with Crippen molar-refractivity contribution in [2.75, 3.05) is 18.4 Å². The molecule has 0 heterocycles. The first-order valence-electron chi connectivity index (χ1n) is 7.65. The molecule has 1 amide bonds. The number of amides is 1. The van der Waals surface area contributed by atoms with Gasteiger partial charge in [0.05, 0.1) is 6.54 Å². The van der Waals surface area contributed by atoms with Crippen molar-refractivity contribution in [1.29, 1.82) is 0 Å². The van der Waals surface area contributed by atoms with Crippen LogP contribution in [0.4, 0.5) is 5.69 Å². The molecule has 0 aromatic heterocycles. The van der Waals surface area contributed by atoms with Crippen molar-refractivity contribution in [3.05, 3.63) is 29.8 Å². The minimum absolute atomic E-state index is 0.101. The van der Waals surface area contributed by atoms with E-state index in [2.05, 4.69) is 24.1 Å². The van der Waals surface area contributed by atoms with E-state index in [9.17, 15) is 4.79 Å². The van der Waals surface area contributed by atoms with Gasteiger partial charge < -0.3 is 5.32 Å². The third-order valence-electron chi connectivity index (χ3n) is 3.74. The molecule has 0 aliphatic heterocycles. The molecule has 2 rings (SSSR count). The highest BCUT2D eigenvalue weighted by Crippen LogP contribution is 2.27. The molecule has 0 bridgehead atoms. The van der Waals surface area contributed by atoms with Crippen molar-refractivity contribution in [2.24, 2.45) is 5.92 Å². The summed E-state index contributed by atoms with van der Waals surface area (Å²) < 4.78 is 0. The Morgan fingerprint density at radius 2 is 1.95 bits per heavy atom. The van der Waals surface area contributed by atoms with Crippen LogP contribution in [0, 0.1) is 12.8 Å². The van der Waals surface area contributed by atoms with Crippen molar-refractivity contribution in [3.8, 4) is 0 Å². The molecule has 1 N–H and O–H groups in total. The number of benzene rings is 1. The lowest BCUT2D eigenvalue weighted by Gasteiger charge is -2.22. The van der Waals surface area contributed by atoms with Gasteiger partial charge >= 0.3 is 0 Å². The molecule has 1 saturated carbocycles. The van der Waals surface area contributed by atoms with Gasteiger partial charge in [0.15, 0.2) is 0 Å². The van der Waals surface area contributed by atoms with Crippen molar-refractivity contribution < 1.29 is 4.79 Å². The minimum atomic E-state index is 0.101. The second-order valence-corrected chi connectivity index (χ2v) is 6.30. The maximum atomic E-state index is 12.1. The van der Waals surface area contributed by atoms with E-state index in [1.54, 1.807) is 0 Å². The maximum absolute atomic E-state index is 12.1. The summed E-state index contributed by atoms with van der Waals surface area (Å²) in [6.07, 6.45) is 3.65. The van der Waals surface area contributed by atoms with E-state index in [-0.39, 0.29) is 5.91 Å². The number of nitrogens with one attached hydrogen (secondary N) is 1. The van der Waals surface area contributed by atoms with E-state index < -0.39 is 0 Å². The van der Waals surface area contributed by atoms with Gasteiger partial charge in [-0.2, -0.15) is 0 Å². The van der Waals surface area contributed by atoms with Crippen LogP contribution in [-0.4, -0.2) is 29.9 Å². The Balaban J connectivity index is 1.83. The van der Waals surface area contributed by atoms with Crippen molar-refractivity contribution >= 4 is 11.6 Å². The molecular weight excluding hydrogens is 248 g/mol. The number of carbonyl (C=O) groups excluding carboxylic acids is 1. The summed E-state index contributed by atoms with van der Waals surface area (Å²) in [7, 11) is 0. The fourth-order valence-electron chi connectivity index (χ4n) is 2.28. The molecule has 0 radical (unpaired) electrons. The van der Waals surface area contributed by atoms with Gasteiger partial charge in [-0.05, 0) is 50.8 Å². The lowest BCUT2D eigenvalue weighted by atomic mass is 10.1. The van der Waals surface area contributed by atoms with Gasteiger partial charge in [-0.25, -0.2) is 0 Å². The molecule has 1 aliphatic carbocycles. The first-order chi connectivity index (χ1) is 9.54. The second-order valence-electron chi connectivity index (χ2n) is 6.30. The first-order valence-corrected chi connectivity index (χ1v) is 7.65. The standard InChI is InChI=1S/C17H26N2O/c1-13(2)10-11-19(16-8-9-16)12-17(20)18-15-6-4-14(3)5-7-15/h4-7,13,16H,8-12H2,1-3H3,(H,18,20). The molecule has 0 atom stereocenters. The number of anilines is 1. The predicted octanol–water partition coefficient (Wildman–Crippen LogP) is 3.44. The second kappa shape index (κ2) is 6.89. The third kappa shape index (κ3) is 4.97. The minimum Gasteiger partial charge on any atom is -0.325 e. The molecule has 0 saturated heterocycles. The maximum Gasteiger partial charge on any atom is 0.238 e. The fourth-order valence-corrected chi connectivity index (χ4v) is 2.28. The third-order valence-corrected chi connectivity index (χ3v) is 3.74. The molecule has 3 heteroatoms. The Labute approximate surface area is 122 Å². The van der Waals surface area contributed by atoms with Crippen LogP contribution in [0.25, 0.3) is 0 Å². The summed E-state index contributed by atoms with van der Waals surface area (Å²) in [6.45, 7) is 8.07. The molecule has 1 aliphatic rings. The number of rotatable bonds is 7. The Kier molecular flexibility index (Phi) is 5.18. The highest BCUT2D eigenvalue weighted by molar-refractivity contribution is 5.92. The van der Waals surface area contributed by atoms with Gasteiger partial charge in [0.2, 0.25) is 5.91 Å². The summed E-state index contributed by atoms with van der Waals surface area (Å²) in [4.78, 5) is 14.5. The highest BCUT2D eigenvalue weighted by Gasteiger charge is 2.29. The molecule has 0 unspecified atom stereocenters. The summed E-state index contributed by atoms with van der Waals surface area (Å²) in [5.41, 5.74) is 2.10.